The highest BCUT2D eigenvalue weighted by Crippen LogP contribution is 2.11. The van der Waals surface area contributed by atoms with Gasteiger partial charge in [0.05, 0.1) is 0 Å². The highest BCUT2D eigenvalue weighted by atomic mass is 16.1. The van der Waals surface area contributed by atoms with E-state index in [1.807, 2.05) is 6.07 Å². The second-order valence-electron chi connectivity index (χ2n) is 5.41. The van der Waals surface area contributed by atoms with Crippen LogP contribution in [-0.4, -0.2) is 26.0 Å². The maximum Gasteiger partial charge on any atom is 0.220 e. The van der Waals surface area contributed by atoms with E-state index in [2.05, 4.69) is 55.4 Å². The van der Waals surface area contributed by atoms with Gasteiger partial charge in [-0.2, -0.15) is 0 Å². The Bertz CT molecular complexity index is 362. The van der Waals surface area contributed by atoms with Crippen LogP contribution >= 0.6 is 0 Å². The molecule has 0 aromatic heterocycles. The number of nitrogens with zero attached hydrogens (tertiary/aromatic N) is 1. The Morgan fingerprint density at radius 3 is 2.53 bits per heavy atom. The number of rotatable bonds is 8. The Morgan fingerprint density at radius 1 is 1.21 bits per heavy atom. The standard InChI is InChI=1S/C16H26N2O/c1-14(2)13-16(19)17-11-7-8-12-18(3)15-9-5-4-6-10-15/h4-6,9-10,14H,7-8,11-13H2,1-3H3,(H,17,19). The predicted molar refractivity (Wildman–Crippen MR) is 81.4 cm³/mol. The molecule has 0 unspecified atom stereocenters. The summed E-state index contributed by atoms with van der Waals surface area (Å²) in [6.45, 7) is 5.93. The Morgan fingerprint density at radius 2 is 1.89 bits per heavy atom. The van der Waals surface area contributed by atoms with Crippen LogP contribution in [0.3, 0.4) is 0 Å². The number of carbonyl (C=O) groups is 1. The molecule has 0 spiro atoms. The quantitative estimate of drug-likeness (QED) is 0.730. The summed E-state index contributed by atoms with van der Waals surface area (Å²) in [4.78, 5) is 13.7. The molecule has 0 aliphatic heterocycles. The molecule has 3 heteroatoms. The van der Waals surface area contributed by atoms with E-state index in [1.54, 1.807) is 0 Å². The first kappa shape index (κ1) is 15.5. The summed E-state index contributed by atoms with van der Waals surface area (Å²) >= 11 is 0. The summed E-state index contributed by atoms with van der Waals surface area (Å²) in [5.41, 5.74) is 1.24. The van der Waals surface area contributed by atoms with Crippen molar-refractivity contribution >= 4 is 11.6 Å². The molecule has 1 aromatic rings. The van der Waals surface area contributed by atoms with Gasteiger partial charge in [0.2, 0.25) is 5.91 Å². The van der Waals surface area contributed by atoms with Crippen molar-refractivity contribution in [3.63, 3.8) is 0 Å². The molecule has 0 heterocycles. The summed E-state index contributed by atoms with van der Waals surface area (Å²) < 4.78 is 0. The number of hydrogen-bond acceptors (Lipinski definition) is 2. The second kappa shape index (κ2) is 8.57. The molecule has 0 atom stereocenters. The second-order valence-corrected chi connectivity index (χ2v) is 5.41. The molecular formula is C16H26N2O. The van der Waals surface area contributed by atoms with Crippen molar-refractivity contribution in [2.75, 3.05) is 25.0 Å². The number of hydrogen-bond donors (Lipinski definition) is 1. The molecule has 1 rings (SSSR count). The molecule has 0 aliphatic carbocycles. The zero-order valence-corrected chi connectivity index (χ0v) is 12.4. The third-order valence-corrected chi connectivity index (χ3v) is 3.03. The summed E-state index contributed by atoms with van der Waals surface area (Å²) in [5, 5.41) is 2.97. The number of para-hydroxylation sites is 1. The lowest BCUT2D eigenvalue weighted by atomic mass is 10.1. The van der Waals surface area contributed by atoms with Crippen molar-refractivity contribution in [2.24, 2.45) is 5.92 Å². The number of anilines is 1. The van der Waals surface area contributed by atoms with Crippen molar-refractivity contribution in [2.45, 2.75) is 33.1 Å². The van der Waals surface area contributed by atoms with E-state index in [4.69, 9.17) is 0 Å². The van der Waals surface area contributed by atoms with E-state index in [1.165, 1.54) is 5.69 Å². The largest absolute Gasteiger partial charge is 0.375 e. The van der Waals surface area contributed by atoms with Gasteiger partial charge in [-0.25, -0.2) is 0 Å². The molecular weight excluding hydrogens is 236 g/mol. The Labute approximate surface area is 117 Å². The molecule has 0 aliphatic rings. The first-order valence-corrected chi connectivity index (χ1v) is 7.12. The zero-order valence-electron chi connectivity index (χ0n) is 12.4. The van der Waals surface area contributed by atoms with E-state index in [-0.39, 0.29) is 5.91 Å². The molecule has 106 valence electrons. The highest BCUT2D eigenvalue weighted by molar-refractivity contribution is 5.75. The number of unbranched alkanes of at least 4 members (excludes halogenated alkanes) is 1. The molecule has 1 aromatic carbocycles. The van der Waals surface area contributed by atoms with Crippen LogP contribution in [0.1, 0.15) is 33.1 Å². The lowest BCUT2D eigenvalue weighted by Crippen LogP contribution is -2.26. The molecule has 0 radical (unpaired) electrons. The molecule has 1 N–H and O–H groups in total. The van der Waals surface area contributed by atoms with Crippen molar-refractivity contribution in [1.29, 1.82) is 0 Å². The first-order chi connectivity index (χ1) is 9.09. The van der Waals surface area contributed by atoms with E-state index in [9.17, 15) is 4.79 Å². The van der Waals surface area contributed by atoms with Gasteiger partial charge in [0.15, 0.2) is 0 Å². The Hall–Kier alpha value is -1.51. The van der Waals surface area contributed by atoms with Crippen molar-refractivity contribution in [3.8, 4) is 0 Å². The third kappa shape index (κ3) is 6.85. The normalized spacial score (nSPS) is 10.5. The molecule has 0 bridgehead atoms. The minimum absolute atomic E-state index is 0.173. The van der Waals surface area contributed by atoms with Crippen molar-refractivity contribution in [3.05, 3.63) is 30.3 Å². The van der Waals surface area contributed by atoms with Crippen LogP contribution in [0.25, 0.3) is 0 Å². The fourth-order valence-corrected chi connectivity index (χ4v) is 1.96. The summed E-state index contributed by atoms with van der Waals surface area (Å²) in [5.74, 6) is 0.607. The fourth-order valence-electron chi connectivity index (χ4n) is 1.96. The zero-order chi connectivity index (χ0) is 14.1. The summed E-state index contributed by atoms with van der Waals surface area (Å²) in [7, 11) is 2.10. The van der Waals surface area contributed by atoms with Crippen LogP contribution in [-0.2, 0) is 4.79 Å². The van der Waals surface area contributed by atoms with E-state index < -0.39 is 0 Å². The maximum atomic E-state index is 11.5. The Kier molecular flexibility index (Phi) is 7.01. The maximum absolute atomic E-state index is 11.5. The summed E-state index contributed by atoms with van der Waals surface area (Å²) in [6.07, 6.45) is 2.75. The van der Waals surface area contributed by atoms with Gasteiger partial charge in [-0.15, -0.1) is 0 Å². The molecule has 3 nitrogen and oxygen atoms in total. The fraction of sp³-hybridized carbons (Fsp3) is 0.562. The molecule has 0 fully saturated rings. The van der Waals surface area contributed by atoms with Gasteiger partial charge < -0.3 is 10.2 Å². The highest BCUT2D eigenvalue weighted by Gasteiger charge is 2.03. The van der Waals surface area contributed by atoms with Crippen LogP contribution in [0.5, 0.6) is 0 Å². The van der Waals surface area contributed by atoms with E-state index in [0.717, 1.165) is 25.9 Å². The van der Waals surface area contributed by atoms with Gasteiger partial charge in [-0.3, -0.25) is 4.79 Å². The van der Waals surface area contributed by atoms with Crippen molar-refractivity contribution < 1.29 is 4.79 Å². The van der Waals surface area contributed by atoms with Gasteiger partial charge in [-0.1, -0.05) is 32.0 Å². The van der Waals surface area contributed by atoms with Crippen LogP contribution < -0.4 is 10.2 Å². The number of amides is 1. The van der Waals surface area contributed by atoms with Crippen molar-refractivity contribution in [1.82, 2.24) is 5.32 Å². The minimum Gasteiger partial charge on any atom is -0.375 e. The average molecular weight is 262 g/mol. The predicted octanol–water partition coefficient (Wildman–Crippen LogP) is 3.07. The SMILES string of the molecule is CC(C)CC(=O)NCCCCN(C)c1ccccc1. The van der Waals surface area contributed by atoms with Crippen LogP contribution in [0, 0.1) is 5.92 Å². The monoisotopic (exact) mass is 262 g/mol. The van der Waals surface area contributed by atoms with Crippen LogP contribution in [0.2, 0.25) is 0 Å². The van der Waals surface area contributed by atoms with E-state index in [0.29, 0.717) is 12.3 Å². The van der Waals surface area contributed by atoms with Gasteiger partial charge in [0.1, 0.15) is 0 Å². The molecule has 0 saturated heterocycles. The minimum atomic E-state index is 0.173. The topological polar surface area (TPSA) is 32.3 Å². The lowest BCUT2D eigenvalue weighted by molar-refractivity contribution is -0.121. The van der Waals surface area contributed by atoms with Gasteiger partial charge in [-0.05, 0) is 30.9 Å². The van der Waals surface area contributed by atoms with Gasteiger partial charge in [0.25, 0.3) is 0 Å². The lowest BCUT2D eigenvalue weighted by Gasteiger charge is -2.19. The summed E-state index contributed by atoms with van der Waals surface area (Å²) in [6, 6.07) is 10.4. The van der Waals surface area contributed by atoms with Crippen LogP contribution in [0.4, 0.5) is 5.69 Å². The number of benzene rings is 1. The molecule has 0 saturated carbocycles. The van der Waals surface area contributed by atoms with Gasteiger partial charge >= 0.3 is 0 Å². The Balaban J connectivity index is 2.09. The third-order valence-electron chi connectivity index (χ3n) is 3.03. The smallest absolute Gasteiger partial charge is 0.220 e. The van der Waals surface area contributed by atoms with Crippen LogP contribution in [0.15, 0.2) is 30.3 Å². The number of carbonyl (C=O) groups excluding carboxylic acids is 1. The number of nitrogens with one attached hydrogen (secondary N) is 1. The van der Waals surface area contributed by atoms with Gasteiger partial charge in [0, 0.05) is 32.2 Å². The first-order valence-electron chi connectivity index (χ1n) is 7.12. The molecule has 19 heavy (non-hydrogen) atoms. The average Bonchev–Trinajstić information content (AvgIpc) is 2.38. The van der Waals surface area contributed by atoms with E-state index >= 15 is 0 Å². The molecule has 1 amide bonds.